The van der Waals surface area contributed by atoms with Gasteiger partial charge >= 0.3 is 49.4 Å². The molecule has 0 saturated heterocycles. The minimum absolute atomic E-state index is 0.0117. The normalized spacial score (nSPS) is 16.6. The molecule has 0 radical (unpaired) electrons. The average Bonchev–Trinajstić information content (AvgIpc) is 0.954. The van der Waals surface area contributed by atoms with Gasteiger partial charge in [-0.2, -0.15) is 105 Å². The Balaban J connectivity index is 0.837. The van der Waals surface area contributed by atoms with Gasteiger partial charge in [0.1, 0.15) is 0 Å². The molecular formula is C95H48F24N8O16. The Kier molecular flexibility index (Phi) is 20.7. The molecule has 10 aromatic rings. The van der Waals surface area contributed by atoms with Crippen molar-refractivity contribution in [3.05, 3.63) is 326 Å². The van der Waals surface area contributed by atoms with Gasteiger partial charge in [-0.15, -0.1) is 0 Å². The minimum Gasteiger partial charge on any atom is -0.277 e. The molecule has 24 nitrogen and oxygen atoms in total. The summed E-state index contributed by atoms with van der Waals surface area (Å²) in [5.41, 5.74) is -62.0. The van der Waals surface area contributed by atoms with Gasteiger partial charge in [-0.1, -0.05) is 54.6 Å². The van der Waals surface area contributed by atoms with E-state index in [1.807, 2.05) is 0 Å². The fourth-order valence-electron chi connectivity index (χ4n) is 20.2. The monoisotopic (exact) mass is 2010 g/mol. The molecule has 8 heterocycles. The number of rotatable bonds is 14. The third-order valence-corrected chi connectivity index (χ3v) is 26.9. The first-order chi connectivity index (χ1) is 66.2. The second-order valence-electron chi connectivity index (χ2n) is 34.2. The van der Waals surface area contributed by atoms with Crippen LogP contribution in [0.2, 0.25) is 0 Å². The molecule has 8 aliphatic heterocycles. The van der Waals surface area contributed by atoms with Gasteiger partial charge in [0.15, 0.2) is 0 Å². The minimum atomic E-state index is -6.68. The molecule has 48 heteroatoms. The molecule has 143 heavy (non-hydrogen) atoms. The lowest BCUT2D eigenvalue weighted by atomic mass is 9.71. The van der Waals surface area contributed by atoms with E-state index >= 15 is 144 Å². The predicted molar refractivity (Wildman–Crippen MR) is 439 cm³/mol. The second-order valence-corrected chi connectivity index (χ2v) is 34.2. The zero-order chi connectivity index (χ0) is 105. The largest absolute Gasteiger partial charge is 0.411 e. The fraction of sp³-hybridized carbons (Fsp3) is 0.200. The van der Waals surface area contributed by atoms with Gasteiger partial charge < -0.3 is 0 Å². The van der Waals surface area contributed by atoms with Gasteiger partial charge in [0.25, 0.3) is 94.5 Å². The number of halogens is 24. The lowest BCUT2D eigenvalue weighted by Gasteiger charge is -2.38. The van der Waals surface area contributed by atoms with Crippen LogP contribution in [0.15, 0.2) is 170 Å². The van der Waals surface area contributed by atoms with E-state index in [9.17, 15) is 38.4 Å². The Morgan fingerprint density at radius 1 is 0.196 bits per heavy atom. The van der Waals surface area contributed by atoms with Crippen LogP contribution in [0.5, 0.6) is 0 Å². The number of fused-ring (bicyclic) bond motifs is 8. The van der Waals surface area contributed by atoms with E-state index in [0.717, 1.165) is 42.0 Å². The number of nitrogens with zero attached hydrogens (tertiary/aromatic N) is 8. The van der Waals surface area contributed by atoms with E-state index < -0.39 is 351 Å². The first kappa shape index (κ1) is 96.9. The summed E-state index contributed by atoms with van der Waals surface area (Å²) in [5, 5.41) is 0. The van der Waals surface area contributed by atoms with Crippen molar-refractivity contribution in [2.45, 2.75) is 91.3 Å². The van der Waals surface area contributed by atoms with Crippen LogP contribution < -0.4 is 19.6 Å². The first-order valence-corrected chi connectivity index (χ1v) is 41.0. The number of hydrogen-bond acceptors (Lipinski definition) is 16. The lowest BCUT2D eigenvalue weighted by Crippen LogP contribution is -2.55. The van der Waals surface area contributed by atoms with Crippen LogP contribution in [0.25, 0.3) is 0 Å². The summed E-state index contributed by atoms with van der Waals surface area (Å²) in [6.07, 6.45) is -54.5. The molecule has 8 aliphatic rings. The van der Waals surface area contributed by atoms with Gasteiger partial charge in [0.2, 0.25) is 21.7 Å². The molecule has 0 fully saturated rings. The quantitative estimate of drug-likeness (QED) is 0.0721. The Morgan fingerprint density at radius 2 is 0.364 bits per heavy atom. The molecule has 0 spiro atoms. The van der Waals surface area contributed by atoms with Crippen molar-refractivity contribution in [2.75, 3.05) is 47.8 Å². The van der Waals surface area contributed by atoms with Crippen LogP contribution >= 0.6 is 0 Å². The van der Waals surface area contributed by atoms with Crippen molar-refractivity contribution in [2.24, 2.45) is 0 Å². The molecule has 18 rings (SSSR count). The van der Waals surface area contributed by atoms with Gasteiger partial charge in [0.05, 0.1) is 112 Å². The van der Waals surface area contributed by atoms with Crippen molar-refractivity contribution < 1.29 is 182 Å². The molecule has 10 aromatic carbocycles. The number of imide groups is 8. The summed E-state index contributed by atoms with van der Waals surface area (Å²) in [5.74, 6) is -25.7. The molecule has 0 aliphatic carbocycles. The third-order valence-electron chi connectivity index (χ3n) is 26.9. The van der Waals surface area contributed by atoms with Gasteiger partial charge in [-0.25, -0.2) is 19.6 Å². The number of carbonyl (C=O) groups is 16. The van der Waals surface area contributed by atoms with Gasteiger partial charge in [-0.05, 0) is 202 Å². The standard InChI is InChI=1S/C95H48F24N8O16/c1-36-23-39(67(127-79(139)57-22-14-47(34-65(57)83(127)143)87(94(114,115)116,95(117,118)119)43-10-18-53-61(30-43)75(135)123(6)71(53)131)37(2)66(36)126-78(138)56-21-13-46(33-64(56)82(126)142)86(92(108,109)110,93(111,112)113)42-9-17-52-60(29-42)74(134)122(5)70(52)130)24-38-25-48(124-76(136)54-19-11-44(31-62(54)80(124)140)84(88(96,97)98,89(99,100)101)40-7-15-50-58(27-40)72(132)120(3)68(50)128)35-49(26-38)125-77(137)55-20-12-45(32-63(55)81(125)141)85(90(102,103)104,91(105,106)107)41-8-16-51-59(28-41)73(133)121(4)69(51)129/h7-23,25-35H,24H2,1-6H3. The highest BCUT2D eigenvalue weighted by atomic mass is 19.4. The lowest BCUT2D eigenvalue weighted by molar-refractivity contribution is -0.290. The van der Waals surface area contributed by atoms with E-state index in [2.05, 4.69) is 0 Å². The summed E-state index contributed by atoms with van der Waals surface area (Å²) in [7, 11) is 3.26. The number of aryl methyl sites for hydroxylation is 1. The molecule has 0 saturated carbocycles. The average molecular weight is 2010 g/mol. The van der Waals surface area contributed by atoms with Gasteiger partial charge in [0, 0.05) is 28.2 Å². The summed E-state index contributed by atoms with van der Waals surface area (Å²) >= 11 is 0. The van der Waals surface area contributed by atoms with E-state index in [1.54, 1.807) is 0 Å². The highest BCUT2D eigenvalue weighted by molar-refractivity contribution is 6.39. The second kappa shape index (κ2) is 30.6. The summed E-state index contributed by atoms with van der Waals surface area (Å²) < 4.78 is 387. The third kappa shape index (κ3) is 12.8. The van der Waals surface area contributed by atoms with E-state index in [1.165, 1.54) is 0 Å². The smallest absolute Gasteiger partial charge is 0.277 e. The molecule has 0 atom stereocenters. The van der Waals surface area contributed by atoms with Crippen molar-refractivity contribution >= 4 is 117 Å². The maximum Gasteiger partial charge on any atom is 0.411 e. The Morgan fingerprint density at radius 3 is 0.573 bits per heavy atom. The molecular weight excluding hydrogens is 1970 g/mol. The Labute approximate surface area is 780 Å². The number of benzene rings is 10. The zero-order valence-corrected chi connectivity index (χ0v) is 72.1. The van der Waals surface area contributed by atoms with E-state index in [4.69, 9.17) is 0 Å². The van der Waals surface area contributed by atoms with E-state index in [-0.39, 0.29) is 141 Å². The van der Waals surface area contributed by atoms with Crippen LogP contribution in [0.3, 0.4) is 0 Å². The number of amides is 16. The number of alkyl halides is 24. The van der Waals surface area contributed by atoms with Gasteiger partial charge in [-0.3, -0.25) is 96.3 Å². The Bertz CT molecular complexity index is 7460. The molecule has 16 amide bonds. The summed E-state index contributed by atoms with van der Waals surface area (Å²) in [6.45, 7) is 1.61. The highest BCUT2D eigenvalue weighted by Crippen LogP contribution is 2.64. The van der Waals surface area contributed by atoms with Crippen molar-refractivity contribution in [3.8, 4) is 0 Å². The Hall–Kier alpha value is -16.4. The molecule has 732 valence electrons. The van der Waals surface area contributed by atoms with E-state index in [0.29, 0.717) is 68.1 Å². The maximum absolute atomic E-state index is 16.3. The SMILES string of the molecule is Cc1cc(Cc2cc(N3C(=O)c4ccc(C(c5ccc6c(c5)C(=O)N(C)C6=O)(C(F)(F)F)C(F)(F)F)cc4C3=O)cc(N3C(=O)c4ccc(C(c5ccc6c(c5)C(=O)N(C)C6=O)(C(F)(F)F)C(F)(F)F)cc4C3=O)c2)c(N2C(=O)c3ccc(C(c4ccc5c(c4)C(=O)N(C)C5=O)(C(F)(F)F)C(F)(F)F)cc3C2=O)c(C)c1N1C(=O)c2ccc(C(c3ccc4c(c3)C(=O)N(C)C4=O)(C(F)(F)F)C(F)(F)F)cc2C1=O. The first-order valence-electron chi connectivity index (χ1n) is 41.0. The molecule has 0 N–H and O–H groups in total. The fourth-order valence-corrected chi connectivity index (χ4v) is 20.2. The number of hydrogen-bond donors (Lipinski definition) is 0. The molecule has 0 unspecified atom stereocenters. The molecule has 0 bridgehead atoms. The highest BCUT2D eigenvalue weighted by Gasteiger charge is 2.78. The van der Waals surface area contributed by atoms with Crippen LogP contribution in [0.4, 0.5) is 128 Å². The number of carbonyl (C=O) groups excluding carboxylic acids is 16. The van der Waals surface area contributed by atoms with Crippen LogP contribution in [0, 0.1) is 13.8 Å². The van der Waals surface area contributed by atoms with Crippen LogP contribution in [-0.2, 0) is 28.1 Å². The van der Waals surface area contributed by atoms with Crippen LogP contribution in [0.1, 0.15) is 232 Å². The summed E-state index contributed by atoms with van der Waals surface area (Å²) in [4.78, 5) is 229. The van der Waals surface area contributed by atoms with Crippen LogP contribution in [-0.4, -0.2) is 192 Å². The number of anilines is 4. The van der Waals surface area contributed by atoms with Crippen molar-refractivity contribution in [1.29, 1.82) is 0 Å². The van der Waals surface area contributed by atoms with Crippen molar-refractivity contribution in [3.63, 3.8) is 0 Å². The van der Waals surface area contributed by atoms with Crippen molar-refractivity contribution in [1.82, 2.24) is 19.6 Å². The zero-order valence-electron chi connectivity index (χ0n) is 72.1. The maximum atomic E-state index is 16.3. The topological polar surface area (TPSA) is 299 Å². The molecule has 0 aromatic heterocycles. The predicted octanol–water partition coefficient (Wildman–Crippen LogP) is 17.6. The summed E-state index contributed by atoms with van der Waals surface area (Å²) in [6, 6.07) is 5.46.